The van der Waals surface area contributed by atoms with Gasteiger partial charge in [0, 0.05) is 11.6 Å². The van der Waals surface area contributed by atoms with Gasteiger partial charge in [0.25, 0.3) is 0 Å². The molecular weight excluding hydrogens is 398 g/mol. The average Bonchev–Trinajstić information content (AvgIpc) is 2.95. The summed E-state index contributed by atoms with van der Waals surface area (Å²) in [5.74, 6) is -0.906. The molecule has 1 unspecified atom stereocenters. The van der Waals surface area contributed by atoms with E-state index in [9.17, 15) is 8.78 Å². The Labute approximate surface area is 181 Å². The molecule has 31 heavy (non-hydrogen) atoms. The van der Waals surface area contributed by atoms with E-state index >= 15 is 0 Å². The summed E-state index contributed by atoms with van der Waals surface area (Å²) in [5.41, 5.74) is 12.1. The number of hydrogen-bond acceptors (Lipinski definition) is 3. The lowest BCUT2D eigenvalue weighted by Crippen LogP contribution is -2.14. The third kappa shape index (κ3) is 4.73. The summed E-state index contributed by atoms with van der Waals surface area (Å²) in [4.78, 5) is 0. The topological polar surface area (TPSA) is 67.8 Å². The molecule has 3 N–H and O–H groups in total. The van der Waals surface area contributed by atoms with Gasteiger partial charge in [0.15, 0.2) is 17.5 Å². The lowest BCUT2D eigenvalue weighted by Gasteiger charge is -2.21. The first-order chi connectivity index (χ1) is 15.1. The van der Waals surface area contributed by atoms with Crippen molar-refractivity contribution in [3.63, 3.8) is 0 Å². The summed E-state index contributed by atoms with van der Waals surface area (Å²) in [5, 5.41) is 12.3. The summed E-state index contributed by atoms with van der Waals surface area (Å²) in [6.07, 6.45) is 8.59. The highest BCUT2D eigenvalue weighted by Gasteiger charge is 2.26. The van der Waals surface area contributed by atoms with Crippen molar-refractivity contribution in [3.8, 4) is 5.75 Å². The first-order valence-corrected chi connectivity index (χ1v) is 11.0. The number of nitrogens with two attached hydrogens (primary N) is 1. The maximum atomic E-state index is 13.4. The van der Waals surface area contributed by atoms with Crippen molar-refractivity contribution in [2.75, 3.05) is 6.61 Å². The highest BCUT2D eigenvalue weighted by Crippen LogP contribution is 2.44. The van der Waals surface area contributed by atoms with E-state index in [4.69, 9.17) is 15.7 Å². The number of rotatable bonds is 6. The van der Waals surface area contributed by atoms with Gasteiger partial charge in [0.1, 0.15) is 5.75 Å². The van der Waals surface area contributed by atoms with E-state index in [0.717, 1.165) is 56.2 Å². The summed E-state index contributed by atoms with van der Waals surface area (Å²) in [6, 6.07) is 9.73. The van der Waals surface area contributed by atoms with Gasteiger partial charge in [-0.1, -0.05) is 22.9 Å². The van der Waals surface area contributed by atoms with Crippen LogP contribution in [0, 0.1) is 11.6 Å². The predicted molar refractivity (Wildman–Crippen MR) is 117 cm³/mol. The minimum atomic E-state index is -0.895. The Bertz CT molecular complexity index is 1020. The third-order valence-electron chi connectivity index (χ3n) is 6.46. The van der Waals surface area contributed by atoms with Crippen LogP contribution in [0.5, 0.6) is 5.75 Å². The van der Waals surface area contributed by atoms with E-state index in [1.54, 1.807) is 5.57 Å². The minimum Gasteiger partial charge on any atom is -0.493 e. The van der Waals surface area contributed by atoms with Gasteiger partial charge >= 0.3 is 0 Å². The highest BCUT2D eigenvalue weighted by molar-refractivity contribution is 5.98. The molecule has 0 aliphatic heterocycles. The van der Waals surface area contributed by atoms with Crippen LogP contribution in [0.1, 0.15) is 74.0 Å². The molecule has 4 nitrogen and oxygen atoms in total. The number of benzene rings is 2. The second-order valence-electron chi connectivity index (χ2n) is 8.38. The zero-order valence-corrected chi connectivity index (χ0v) is 17.5. The molecule has 2 aliphatic rings. The Hall–Kier alpha value is -2.89. The molecule has 2 aromatic carbocycles. The van der Waals surface area contributed by atoms with Crippen molar-refractivity contribution in [1.29, 1.82) is 0 Å². The number of oxime groups is 1. The Morgan fingerprint density at radius 3 is 2.71 bits per heavy atom. The van der Waals surface area contributed by atoms with Gasteiger partial charge in [-0.15, -0.1) is 0 Å². The van der Waals surface area contributed by atoms with Crippen LogP contribution in [0.15, 0.2) is 47.1 Å². The molecule has 0 saturated carbocycles. The maximum absolute atomic E-state index is 13.4. The SMILES string of the molecule is NC(=NO)c1ccc2c(c1)C1=C(CCCC1)CCC2CCCOc1ccc(F)c(F)c1. The van der Waals surface area contributed by atoms with Crippen molar-refractivity contribution in [2.45, 2.75) is 57.3 Å². The van der Waals surface area contributed by atoms with E-state index in [1.807, 2.05) is 6.07 Å². The molecule has 0 fully saturated rings. The van der Waals surface area contributed by atoms with Gasteiger partial charge in [-0.05, 0) is 92.2 Å². The molecule has 0 saturated heterocycles. The second kappa shape index (κ2) is 9.50. The fraction of sp³-hybridized carbons (Fsp3) is 0.400. The molecule has 0 spiro atoms. The van der Waals surface area contributed by atoms with Crippen LogP contribution in [-0.2, 0) is 0 Å². The van der Waals surface area contributed by atoms with Gasteiger partial charge < -0.3 is 15.7 Å². The summed E-state index contributed by atoms with van der Waals surface area (Å²) < 4.78 is 32.1. The Morgan fingerprint density at radius 1 is 1.06 bits per heavy atom. The molecule has 0 bridgehead atoms. The summed E-state index contributed by atoms with van der Waals surface area (Å²) >= 11 is 0. The van der Waals surface area contributed by atoms with Crippen molar-refractivity contribution in [2.24, 2.45) is 10.9 Å². The van der Waals surface area contributed by atoms with E-state index in [1.165, 1.54) is 35.6 Å². The molecule has 0 heterocycles. The van der Waals surface area contributed by atoms with Crippen molar-refractivity contribution in [1.82, 2.24) is 0 Å². The van der Waals surface area contributed by atoms with E-state index < -0.39 is 11.6 Å². The predicted octanol–water partition coefficient (Wildman–Crippen LogP) is 6.12. The number of halogens is 2. The lowest BCUT2D eigenvalue weighted by atomic mass is 9.84. The number of fused-ring (bicyclic) bond motifs is 2. The summed E-state index contributed by atoms with van der Waals surface area (Å²) in [6.45, 7) is 0.451. The normalized spacial score (nSPS) is 18.9. The number of allylic oxidation sites excluding steroid dienone is 2. The third-order valence-corrected chi connectivity index (χ3v) is 6.46. The van der Waals surface area contributed by atoms with Crippen LogP contribution >= 0.6 is 0 Å². The standard InChI is InChI=1S/C25H28F2N2O2/c26-23-12-10-19(15-24(23)27)31-13-3-5-17-8-7-16-4-1-2-6-20(16)22-14-18(25(28)29-30)9-11-21(17)22/h9-12,14-15,17,30H,1-8,13H2,(H2,28,29). The Kier molecular flexibility index (Phi) is 6.54. The molecule has 2 aromatic rings. The van der Waals surface area contributed by atoms with Crippen molar-refractivity contribution >= 4 is 11.4 Å². The fourth-order valence-electron chi connectivity index (χ4n) is 4.85. The van der Waals surface area contributed by atoms with Gasteiger partial charge in [-0.3, -0.25) is 0 Å². The highest BCUT2D eigenvalue weighted by atomic mass is 19.2. The molecule has 6 heteroatoms. The van der Waals surface area contributed by atoms with E-state index in [0.29, 0.717) is 18.3 Å². The number of nitrogens with zero attached hydrogens (tertiary/aromatic N) is 1. The number of hydrogen-bond donors (Lipinski definition) is 2. The molecule has 164 valence electrons. The largest absolute Gasteiger partial charge is 0.493 e. The second-order valence-corrected chi connectivity index (χ2v) is 8.38. The average molecular weight is 427 g/mol. The van der Waals surface area contributed by atoms with E-state index in [-0.39, 0.29) is 5.84 Å². The Balaban J connectivity index is 1.50. The monoisotopic (exact) mass is 426 g/mol. The lowest BCUT2D eigenvalue weighted by molar-refractivity contribution is 0.297. The van der Waals surface area contributed by atoms with Gasteiger partial charge in [-0.2, -0.15) is 0 Å². The van der Waals surface area contributed by atoms with Gasteiger partial charge in [-0.25, -0.2) is 8.78 Å². The van der Waals surface area contributed by atoms with Crippen LogP contribution in [-0.4, -0.2) is 17.6 Å². The van der Waals surface area contributed by atoms with E-state index in [2.05, 4.69) is 17.3 Å². The first-order valence-electron chi connectivity index (χ1n) is 11.0. The summed E-state index contributed by atoms with van der Waals surface area (Å²) in [7, 11) is 0. The number of ether oxygens (including phenoxy) is 1. The maximum Gasteiger partial charge on any atom is 0.170 e. The van der Waals surface area contributed by atoms with Crippen LogP contribution < -0.4 is 10.5 Å². The molecule has 2 aliphatic carbocycles. The number of amidine groups is 1. The smallest absolute Gasteiger partial charge is 0.170 e. The van der Waals surface area contributed by atoms with Crippen LogP contribution in [0.25, 0.3) is 5.57 Å². The first kappa shape index (κ1) is 21.3. The fourth-order valence-corrected chi connectivity index (χ4v) is 4.85. The molecule has 0 radical (unpaired) electrons. The van der Waals surface area contributed by atoms with Crippen molar-refractivity contribution < 1.29 is 18.7 Å². The molecule has 0 amide bonds. The molecule has 0 aromatic heterocycles. The van der Waals surface area contributed by atoms with Crippen molar-refractivity contribution in [3.05, 3.63) is 70.3 Å². The minimum absolute atomic E-state index is 0.126. The molecule has 1 atom stereocenters. The van der Waals surface area contributed by atoms with Crippen LogP contribution in [0.2, 0.25) is 0 Å². The molecule has 4 rings (SSSR count). The van der Waals surface area contributed by atoms with Gasteiger partial charge in [0.2, 0.25) is 0 Å². The zero-order chi connectivity index (χ0) is 21.8. The Morgan fingerprint density at radius 2 is 1.90 bits per heavy atom. The van der Waals surface area contributed by atoms with Gasteiger partial charge in [0.05, 0.1) is 6.61 Å². The zero-order valence-electron chi connectivity index (χ0n) is 17.5. The molecular formula is C25H28F2N2O2. The van der Waals surface area contributed by atoms with Crippen LogP contribution in [0.3, 0.4) is 0 Å². The van der Waals surface area contributed by atoms with Crippen LogP contribution in [0.4, 0.5) is 8.78 Å². The quantitative estimate of drug-likeness (QED) is 0.192.